The molecule has 0 spiro atoms. The minimum Gasteiger partial charge on any atom is -0.480 e. The zero-order valence-electron chi connectivity index (χ0n) is 10.9. The highest BCUT2D eigenvalue weighted by Crippen LogP contribution is 2.24. The van der Waals surface area contributed by atoms with Crippen molar-refractivity contribution < 1.29 is 23.8 Å². The van der Waals surface area contributed by atoms with Gasteiger partial charge in [-0.05, 0) is 24.3 Å². The lowest BCUT2D eigenvalue weighted by Gasteiger charge is -2.32. The highest BCUT2D eigenvalue weighted by Gasteiger charge is 2.34. The summed E-state index contributed by atoms with van der Waals surface area (Å²) in [5.41, 5.74) is 0.530. The number of morpholine rings is 1. The smallest absolute Gasteiger partial charge is 0.328 e. The Kier molecular flexibility index (Phi) is 3.57. The van der Waals surface area contributed by atoms with Crippen molar-refractivity contribution in [2.45, 2.75) is 6.04 Å². The van der Waals surface area contributed by atoms with Gasteiger partial charge in [0.15, 0.2) is 11.8 Å². The number of aliphatic carboxylic acids is 1. The number of hydrogen-bond donors (Lipinski definition) is 1. The van der Waals surface area contributed by atoms with Gasteiger partial charge in [0.05, 0.1) is 13.2 Å². The summed E-state index contributed by atoms with van der Waals surface area (Å²) in [7, 11) is 0. The summed E-state index contributed by atoms with van der Waals surface area (Å²) in [4.78, 5) is 24.9. The van der Waals surface area contributed by atoms with Crippen LogP contribution in [0.3, 0.4) is 0 Å². The highest BCUT2D eigenvalue weighted by atomic mass is 35.5. The zero-order chi connectivity index (χ0) is 15.0. The summed E-state index contributed by atoms with van der Waals surface area (Å²) in [6.45, 7) is 0.502. The summed E-state index contributed by atoms with van der Waals surface area (Å²) >= 11 is 5.89. The van der Waals surface area contributed by atoms with E-state index in [1.54, 1.807) is 24.3 Å². The van der Waals surface area contributed by atoms with E-state index in [2.05, 4.69) is 0 Å². The number of rotatable bonds is 2. The summed E-state index contributed by atoms with van der Waals surface area (Å²) < 4.78 is 10.6. The monoisotopic (exact) mass is 309 g/mol. The summed E-state index contributed by atoms with van der Waals surface area (Å²) in [5.74, 6) is -1.46. The second kappa shape index (κ2) is 5.38. The van der Waals surface area contributed by atoms with Crippen LogP contribution < -0.4 is 0 Å². The lowest BCUT2D eigenvalue weighted by molar-refractivity contribution is -0.147. The van der Waals surface area contributed by atoms with Gasteiger partial charge in [-0.2, -0.15) is 0 Å². The molecular weight excluding hydrogens is 298 g/mol. The van der Waals surface area contributed by atoms with Crippen molar-refractivity contribution in [3.05, 3.63) is 35.0 Å². The number of hydrogen-bond acceptors (Lipinski definition) is 4. The molecule has 2 aromatic rings. The Morgan fingerprint density at radius 1 is 1.33 bits per heavy atom. The fourth-order valence-corrected chi connectivity index (χ4v) is 2.49. The predicted octanol–water partition coefficient (Wildman–Crippen LogP) is 2.01. The Hall–Kier alpha value is -2.05. The van der Waals surface area contributed by atoms with Crippen LogP contribution in [-0.2, 0) is 9.53 Å². The molecule has 1 aliphatic heterocycles. The van der Waals surface area contributed by atoms with Crippen LogP contribution in [0.5, 0.6) is 0 Å². The SMILES string of the molecule is O=C(O)[C@H]1COCCN1C(=O)c1cc2cc(Cl)ccc2o1. The fourth-order valence-electron chi connectivity index (χ4n) is 2.31. The average molecular weight is 310 g/mol. The zero-order valence-corrected chi connectivity index (χ0v) is 11.7. The van der Waals surface area contributed by atoms with E-state index in [0.29, 0.717) is 22.6 Å². The lowest BCUT2D eigenvalue weighted by atomic mass is 10.2. The number of furan rings is 1. The first kappa shape index (κ1) is 13.9. The van der Waals surface area contributed by atoms with Gasteiger partial charge in [-0.1, -0.05) is 11.6 Å². The molecule has 3 rings (SSSR count). The van der Waals surface area contributed by atoms with Crippen molar-refractivity contribution in [3.63, 3.8) is 0 Å². The molecule has 1 amide bonds. The molecular formula is C14H12ClNO5. The number of nitrogens with zero attached hydrogens (tertiary/aromatic N) is 1. The average Bonchev–Trinajstić information content (AvgIpc) is 2.89. The van der Waals surface area contributed by atoms with Crippen molar-refractivity contribution in [2.24, 2.45) is 0 Å². The number of fused-ring (bicyclic) bond motifs is 1. The highest BCUT2D eigenvalue weighted by molar-refractivity contribution is 6.31. The maximum Gasteiger partial charge on any atom is 0.328 e. The number of carboxylic acids is 1. The molecule has 0 bridgehead atoms. The van der Waals surface area contributed by atoms with Crippen LogP contribution in [0.1, 0.15) is 10.6 Å². The molecule has 21 heavy (non-hydrogen) atoms. The summed E-state index contributed by atoms with van der Waals surface area (Å²) in [6, 6.07) is 5.59. The van der Waals surface area contributed by atoms with Crippen LogP contribution in [0.4, 0.5) is 0 Å². The fraction of sp³-hybridized carbons (Fsp3) is 0.286. The molecule has 6 nitrogen and oxygen atoms in total. The Labute approximate surface area is 124 Å². The van der Waals surface area contributed by atoms with Crippen molar-refractivity contribution in [3.8, 4) is 0 Å². The van der Waals surface area contributed by atoms with Gasteiger partial charge in [0.1, 0.15) is 5.58 Å². The third-order valence-corrected chi connectivity index (χ3v) is 3.60. The molecule has 1 fully saturated rings. The number of ether oxygens (including phenoxy) is 1. The quantitative estimate of drug-likeness (QED) is 0.918. The lowest BCUT2D eigenvalue weighted by Crippen LogP contribution is -2.52. The number of carboxylic acid groups (broad SMARTS) is 1. The first-order valence-corrected chi connectivity index (χ1v) is 6.74. The topological polar surface area (TPSA) is 80.0 Å². The van der Waals surface area contributed by atoms with Crippen LogP contribution in [0.25, 0.3) is 11.0 Å². The number of amides is 1. The predicted molar refractivity (Wildman–Crippen MR) is 74.5 cm³/mol. The molecule has 110 valence electrons. The van der Waals surface area contributed by atoms with Crippen molar-refractivity contribution >= 4 is 34.4 Å². The molecule has 7 heteroatoms. The van der Waals surface area contributed by atoms with E-state index in [1.807, 2.05) is 0 Å². The maximum atomic E-state index is 12.4. The normalized spacial score (nSPS) is 18.9. The summed E-state index contributed by atoms with van der Waals surface area (Å²) in [6.07, 6.45) is 0. The Bertz CT molecular complexity index is 710. The van der Waals surface area contributed by atoms with Crippen LogP contribution >= 0.6 is 11.6 Å². The van der Waals surface area contributed by atoms with Crippen LogP contribution in [-0.4, -0.2) is 47.7 Å². The third-order valence-electron chi connectivity index (χ3n) is 3.36. The van der Waals surface area contributed by atoms with Crippen molar-refractivity contribution in [1.29, 1.82) is 0 Å². The third kappa shape index (κ3) is 2.59. The number of carbonyl (C=O) groups excluding carboxylic acids is 1. The largest absolute Gasteiger partial charge is 0.480 e. The van der Waals surface area contributed by atoms with E-state index >= 15 is 0 Å². The molecule has 2 heterocycles. The minimum absolute atomic E-state index is 0.0207. The Balaban J connectivity index is 1.93. The second-order valence-corrected chi connectivity index (χ2v) is 5.16. The van der Waals surface area contributed by atoms with Gasteiger partial charge in [0.25, 0.3) is 5.91 Å². The van der Waals surface area contributed by atoms with E-state index in [0.717, 1.165) is 0 Å². The molecule has 1 aromatic carbocycles. The molecule has 0 saturated carbocycles. The molecule has 0 radical (unpaired) electrons. The Morgan fingerprint density at radius 2 is 2.14 bits per heavy atom. The molecule has 1 aliphatic rings. The molecule has 1 saturated heterocycles. The second-order valence-electron chi connectivity index (χ2n) is 4.72. The van der Waals surface area contributed by atoms with Gasteiger partial charge >= 0.3 is 5.97 Å². The van der Waals surface area contributed by atoms with E-state index in [-0.39, 0.29) is 18.9 Å². The van der Waals surface area contributed by atoms with Crippen molar-refractivity contribution in [2.75, 3.05) is 19.8 Å². The summed E-state index contributed by atoms with van der Waals surface area (Å²) in [5, 5.41) is 10.4. The number of carbonyl (C=O) groups is 2. The van der Waals surface area contributed by atoms with Gasteiger partial charge < -0.3 is 19.2 Å². The maximum absolute atomic E-state index is 12.4. The van der Waals surface area contributed by atoms with Gasteiger partial charge in [0, 0.05) is 17.0 Å². The standard InChI is InChI=1S/C14H12ClNO5/c15-9-1-2-11-8(5-9)6-12(21-11)13(17)16-3-4-20-7-10(16)14(18)19/h1-2,5-6,10H,3-4,7H2,(H,18,19)/t10-/m1/s1. The van der Waals surface area contributed by atoms with Crippen LogP contribution in [0.2, 0.25) is 5.02 Å². The molecule has 1 aromatic heterocycles. The van der Waals surface area contributed by atoms with Gasteiger partial charge in [0.2, 0.25) is 0 Å². The van der Waals surface area contributed by atoms with E-state index in [4.69, 9.17) is 25.9 Å². The van der Waals surface area contributed by atoms with Gasteiger partial charge in [-0.15, -0.1) is 0 Å². The molecule has 0 unspecified atom stereocenters. The van der Waals surface area contributed by atoms with Gasteiger partial charge in [-0.25, -0.2) is 4.79 Å². The minimum atomic E-state index is -1.10. The molecule has 0 aliphatic carbocycles. The van der Waals surface area contributed by atoms with Gasteiger partial charge in [-0.3, -0.25) is 4.79 Å². The molecule has 1 atom stereocenters. The first-order chi connectivity index (χ1) is 10.1. The number of benzene rings is 1. The van der Waals surface area contributed by atoms with Crippen LogP contribution in [0.15, 0.2) is 28.7 Å². The number of halogens is 1. The Morgan fingerprint density at radius 3 is 2.90 bits per heavy atom. The first-order valence-electron chi connectivity index (χ1n) is 6.37. The van der Waals surface area contributed by atoms with Crippen LogP contribution in [0, 0.1) is 0 Å². The van der Waals surface area contributed by atoms with Crippen molar-refractivity contribution in [1.82, 2.24) is 4.90 Å². The molecule has 1 N–H and O–H groups in total. The van der Waals surface area contributed by atoms with E-state index in [1.165, 1.54) is 4.90 Å². The van der Waals surface area contributed by atoms with E-state index in [9.17, 15) is 9.59 Å². The van der Waals surface area contributed by atoms with E-state index < -0.39 is 17.9 Å².